The number of carbonyl (C=O) groups excluding carboxylic acids is 4. The van der Waals surface area contributed by atoms with Crippen LogP contribution < -0.4 is 15.5 Å². The second-order valence-electron chi connectivity index (χ2n) is 18.6. The summed E-state index contributed by atoms with van der Waals surface area (Å²) in [6.07, 6.45) is 15.1. The summed E-state index contributed by atoms with van der Waals surface area (Å²) in [5.41, 5.74) is 6.04. The number of aliphatic hydroxyl groups is 3. The van der Waals surface area contributed by atoms with Crippen molar-refractivity contribution in [3.63, 3.8) is 0 Å². The van der Waals surface area contributed by atoms with Crippen molar-refractivity contribution in [2.24, 2.45) is 11.8 Å². The number of ketones is 1. The predicted octanol–water partition coefficient (Wildman–Crippen LogP) is 5.46. The van der Waals surface area contributed by atoms with Crippen LogP contribution in [0, 0.1) is 11.8 Å². The number of methoxy groups -OCH3 is 3. The first-order chi connectivity index (χ1) is 29.6. The number of anilines is 3. The molecule has 19 heteroatoms. The van der Waals surface area contributed by atoms with Crippen LogP contribution in [0.25, 0.3) is 0 Å². The molecule has 5 rings (SSSR count). The van der Waals surface area contributed by atoms with Crippen molar-refractivity contribution in [3.8, 4) is 0 Å². The van der Waals surface area contributed by atoms with Crippen molar-refractivity contribution in [2.45, 2.75) is 164 Å². The molecule has 3 aromatic rings. The molecule has 0 aliphatic carbocycles. The van der Waals surface area contributed by atoms with E-state index in [2.05, 4.69) is 50.3 Å². The molecule has 0 aromatic carbocycles. The van der Waals surface area contributed by atoms with Gasteiger partial charge in [0.2, 0.25) is 0 Å². The Kier molecular flexibility index (Phi) is 25.2. The highest BCUT2D eigenvalue weighted by molar-refractivity contribution is 5.88. The molecule has 5 heterocycles. The first-order valence-corrected chi connectivity index (χ1v) is 21.6. The van der Waals surface area contributed by atoms with E-state index in [1.54, 1.807) is 80.4 Å². The molecule has 0 spiro atoms. The Morgan fingerprint density at radius 3 is 1.32 bits per heavy atom. The first kappa shape index (κ1) is 60.7. The Balaban J connectivity index is 0.000000884. The number of aromatic nitrogens is 6. The summed E-state index contributed by atoms with van der Waals surface area (Å²) in [5, 5.41) is 41.6. The van der Waals surface area contributed by atoms with Gasteiger partial charge in [0.15, 0.2) is 0 Å². The van der Waals surface area contributed by atoms with E-state index >= 15 is 0 Å². The number of esters is 3. The van der Waals surface area contributed by atoms with Crippen LogP contribution in [-0.4, -0.2) is 132 Å². The molecular weight excluding hydrogens is 851 g/mol. The molecule has 5 N–H and O–H groups in total. The molecule has 0 saturated carbocycles. The molecule has 2 aliphatic rings. The Labute approximate surface area is 393 Å². The number of hydrogen-bond donors (Lipinski definition) is 4. The van der Waals surface area contributed by atoms with E-state index in [4.69, 9.17) is 15.2 Å². The summed E-state index contributed by atoms with van der Waals surface area (Å²) >= 11 is 0. The van der Waals surface area contributed by atoms with Crippen LogP contribution in [0.5, 0.6) is 0 Å². The van der Waals surface area contributed by atoms with Gasteiger partial charge in [0.25, 0.3) is 0 Å². The summed E-state index contributed by atoms with van der Waals surface area (Å²) in [6.45, 7) is 22.4. The van der Waals surface area contributed by atoms with Crippen molar-refractivity contribution in [1.82, 2.24) is 29.3 Å². The lowest BCUT2D eigenvalue weighted by Crippen LogP contribution is -2.44. The summed E-state index contributed by atoms with van der Waals surface area (Å²) in [6, 6.07) is 0.733. The quantitative estimate of drug-likeness (QED) is 0.0892. The number of nitrogen functional groups attached to an aromatic ring is 1. The van der Waals surface area contributed by atoms with E-state index in [0.29, 0.717) is 68.9 Å². The second kappa shape index (κ2) is 27.4. The standard InChI is InChI=1S/2C15H25N3O3.C8H12O3.C7H13N3O.2CH4/c2*1-11-5-6-12(14(19)21-4)8-18(11)13-7-16-17(9-13)10-15(2,3)20;1-6(8(10)11-3)4-5-7(2)9;1-7(2,11)5-10-4-6(8)3-9-10;;/h2*7,9,11-12,20H,5-6,8,10H2,1-4H3;1,4-5H2,2-3H3;3-4,11H,5,8H2,1-2H3;2*1H4/t2*11-,12+;;;;/m10..../s1. The van der Waals surface area contributed by atoms with Crippen LogP contribution in [0.3, 0.4) is 0 Å². The average Bonchev–Trinajstić information content (AvgIpc) is 3.96. The van der Waals surface area contributed by atoms with Crippen LogP contribution in [0.2, 0.25) is 0 Å². The van der Waals surface area contributed by atoms with Gasteiger partial charge in [-0.25, -0.2) is 4.79 Å². The Hall–Kier alpha value is -5.27. The normalized spacial score (nSPS) is 18.2. The highest BCUT2D eigenvalue weighted by atomic mass is 16.5. The molecule has 0 amide bonds. The van der Waals surface area contributed by atoms with Gasteiger partial charge in [-0.3, -0.25) is 23.6 Å². The number of nitrogens with zero attached hydrogens (tertiary/aromatic N) is 8. The third-order valence-electron chi connectivity index (χ3n) is 10.3. The predicted molar refractivity (Wildman–Crippen MR) is 258 cm³/mol. The number of nitrogens with two attached hydrogens (primary N) is 1. The monoisotopic (exact) mass is 934 g/mol. The van der Waals surface area contributed by atoms with Crippen LogP contribution in [0.1, 0.15) is 116 Å². The lowest BCUT2D eigenvalue weighted by molar-refractivity contribution is -0.146. The maximum atomic E-state index is 11.7. The van der Waals surface area contributed by atoms with E-state index in [1.807, 2.05) is 12.4 Å². The molecule has 4 atom stereocenters. The van der Waals surface area contributed by atoms with Gasteiger partial charge in [0, 0.05) is 55.8 Å². The SMILES string of the molecule is C.C.C=C(CCC(C)=O)C(=O)OC.CC(C)(O)Cn1cc(N)cn1.COC(=O)[C@@H]1CC[C@H](C)N(c2cnn(CC(C)(C)O)c2)C1.COC(=O)[C@H]1CC[C@@H](C)N(c2cnn(CC(C)(C)O)c2)C1. The van der Waals surface area contributed by atoms with Crippen LogP contribution in [0.15, 0.2) is 49.3 Å². The fraction of sp³-hybridized carbons (Fsp3) is 0.681. The molecule has 2 aliphatic heterocycles. The van der Waals surface area contributed by atoms with Crippen LogP contribution in [0.4, 0.5) is 17.1 Å². The van der Waals surface area contributed by atoms with E-state index in [0.717, 1.165) is 37.1 Å². The molecule has 66 heavy (non-hydrogen) atoms. The molecule has 2 fully saturated rings. The zero-order chi connectivity index (χ0) is 48.6. The molecule has 2 saturated heterocycles. The zero-order valence-electron chi connectivity index (χ0n) is 40.1. The van der Waals surface area contributed by atoms with Gasteiger partial charge in [0.1, 0.15) is 5.78 Å². The van der Waals surface area contributed by atoms with Crippen molar-refractivity contribution in [1.29, 1.82) is 0 Å². The van der Waals surface area contributed by atoms with Gasteiger partial charge in [-0.1, -0.05) is 21.4 Å². The van der Waals surface area contributed by atoms with Crippen molar-refractivity contribution < 1.29 is 48.7 Å². The summed E-state index contributed by atoms with van der Waals surface area (Å²) in [7, 11) is 4.17. The number of rotatable bonds is 14. The van der Waals surface area contributed by atoms with Crippen LogP contribution in [-0.2, 0) is 53.0 Å². The lowest BCUT2D eigenvalue weighted by atomic mass is 9.93. The van der Waals surface area contributed by atoms with Crippen molar-refractivity contribution >= 4 is 40.8 Å². The fourth-order valence-electron chi connectivity index (χ4n) is 7.06. The minimum atomic E-state index is -0.800. The largest absolute Gasteiger partial charge is 0.469 e. The van der Waals surface area contributed by atoms with E-state index in [-0.39, 0.29) is 44.4 Å². The molecule has 3 aromatic heterocycles. The van der Waals surface area contributed by atoms with Gasteiger partial charge in [0.05, 0.1) is 105 Å². The number of ether oxygens (including phenoxy) is 3. The number of hydrogen-bond acceptors (Lipinski definition) is 16. The third kappa shape index (κ3) is 22.3. The number of Topliss-reactive ketones (excluding diaryl/α,β-unsaturated/α-hetero) is 1. The number of piperidine rings is 2. The molecule has 376 valence electrons. The molecule has 19 nitrogen and oxygen atoms in total. The van der Waals surface area contributed by atoms with Gasteiger partial charge < -0.3 is 49.9 Å². The maximum absolute atomic E-state index is 11.7. The van der Waals surface area contributed by atoms with Gasteiger partial charge in [-0.15, -0.1) is 0 Å². The van der Waals surface area contributed by atoms with Crippen molar-refractivity contribution in [3.05, 3.63) is 49.3 Å². The average molecular weight is 934 g/mol. The topological polar surface area (TPSA) is 243 Å². The highest BCUT2D eigenvalue weighted by Gasteiger charge is 2.33. The van der Waals surface area contributed by atoms with Crippen molar-refractivity contribution in [2.75, 3.05) is 50.0 Å². The van der Waals surface area contributed by atoms with Gasteiger partial charge in [-0.05, 0) is 94.4 Å². The van der Waals surface area contributed by atoms with E-state index in [9.17, 15) is 34.5 Å². The Morgan fingerprint density at radius 2 is 1.02 bits per heavy atom. The molecule has 0 radical (unpaired) electrons. The molecule has 0 bridgehead atoms. The smallest absolute Gasteiger partial charge is 0.333 e. The van der Waals surface area contributed by atoms with E-state index in [1.165, 1.54) is 28.3 Å². The van der Waals surface area contributed by atoms with Crippen LogP contribution >= 0.6 is 0 Å². The molecular formula is C47H83N9O10. The number of carbonyl (C=O) groups is 4. The third-order valence-corrected chi connectivity index (χ3v) is 10.3. The van der Waals surface area contributed by atoms with Gasteiger partial charge >= 0.3 is 17.9 Å². The minimum Gasteiger partial charge on any atom is -0.469 e. The minimum absolute atomic E-state index is 0. The summed E-state index contributed by atoms with van der Waals surface area (Å²) in [5.74, 6) is -0.833. The molecule has 0 unspecified atom stereocenters. The Morgan fingerprint density at radius 1 is 0.652 bits per heavy atom. The summed E-state index contributed by atoms with van der Waals surface area (Å²) < 4.78 is 19.2. The van der Waals surface area contributed by atoms with E-state index < -0.39 is 22.8 Å². The Bertz CT molecular complexity index is 1850. The van der Waals surface area contributed by atoms with Gasteiger partial charge in [-0.2, -0.15) is 15.3 Å². The lowest BCUT2D eigenvalue weighted by Gasteiger charge is -2.37. The highest BCUT2D eigenvalue weighted by Crippen LogP contribution is 2.29. The second-order valence-corrected chi connectivity index (χ2v) is 18.6. The zero-order valence-corrected chi connectivity index (χ0v) is 40.1. The maximum Gasteiger partial charge on any atom is 0.333 e. The first-order valence-electron chi connectivity index (χ1n) is 21.6. The summed E-state index contributed by atoms with van der Waals surface area (Å²) in [4.78, 5) is 49.0. The fourth-order valence-corrected chi connectivity index (χ4v) is 7.06.